The first kappa shape index (κ1) is 10.4. The van der Waals surface area contributed by atoms with Crippen LogP contribution in [0.4, 0.5) is 5.69 Å². The van der Waals surface area contributed by atoms with Crippen LogP contribution in [-0.2, 0) is 0 Å². The summed E-state index contributed by atoms with van der Waals surface area (Å²) in [4.78, 5) is 7.27. The van der Waals surface area contributed by atoms with Crippen LogP contribution in [0.2, 0.25) is 0 Å². The molecule has 2 aromatic rings. The lowest BCUT2D eigenvalue weighted by Crippen LogP contribution is -2.32. The van der Waals surface area contributed by atoms with Crippen molar-refractivity contribution in [2.24, 2.45) is 5.92 Å². The molecule has 2 heterocycles. The second-order valence-electron chi connectivity index (χ2n) is 5.79. The van der Waals surface area contributed by atoms with Crippen molar-refractivity contribution in [2.45, 2.75) is 32.2 Å². The van der Waals surface area contributed by atoms with Gasteiger partial charge in [0.1, 0.15) is 0 Å². The normalized spacial score (nSPS) is 26.2. The molecule has 4 rings (SSSR count). The lowest BCUT2D eigenvalue weighted by Gasteiger charge is -2.30. The summed E-state index contributed by atoms with van der Waals surface area (Å²) in [6.07, 6.45) is 4.21. The Hall–Kier alpha value is -1.57. The van der Waals surface area contributed by atoms with E-state index >= 15 is 0 Å². The summed E-state index contributed by atoms with van der Waals surface area (Å²) in [5.74, 6) is 0.933. The summed E-state index contributed by atoms with van der Waals surface area (Å²) >= 11 is 0. The van der Waals surface area contributed by atoms with Crippen molar-refractivity contribution in [3.05, 3.63) is 36.0 Å². The van der Waals surface area contributed by atoms with Gasteiger partial charge in [-0.3, -0.25) is 4.98 Å². The molecule has 1 saturated heterocycles. The largest absolute Gasteiger partial charge is 0.368 e. The summed E-state index contributed by atoms with van der Waals surface area (Å²) in [6.45, 7) is 3.35. The Labute approximate surface area is 108 Å². The Bertz CT molecular complexity index is 605. The van der Waals surface area contributed by atoms with Crippen LogP contribution in [-0.4, -0.2) is 17.6 Å². The smallest absolute Gasteiger partial charge is 0.0726 e. The molecule has 1 aromatic carbocycles. The zero-order valence-electron chi connectivity index (χ0n) is 10.8. The molecule has 18 heavy (non-hydrogen) atoms. The number of benzene rings is 1. The van der Waals surface area contributed by atoms with Crippen molar-refractivity contribution >= 4 is 16.6 Å². The minimum atomic E-state index is 0.778. The number of hydrogen-bond acceptors (Lipinski definition) is 2. The molecule has 1 saturated carbocycles. The molecule has 2 nitrogen and oxygen atoms in total. The van der Waals surface area contributed by atoms with Crippen LogP contribution < -0.4 is 4.90 Å². The highest BCUT2D eigenvalue weighted by Crippen LogP contribution is 2.42. The SMILES string of the molecule is Cc1cc(N2CC3CCC2C3)c2ccccc2n1. The van der Waals surface area contributed by atoms with Crippen LogP contribution in [0.25, 0.3) is 10.9 Å². The molecular formula is C16H18N2. The number of para-hydroxylation sites is 1. The van der Waals surface area contributed by atoms with Gasteiger partial charge in [-0.2, -0.15) is 0 Å². The topological polar surface area (TPSA) is 16.1 Å². The van der Waals surface area contributed by atoms with E-state index in [0.29, 0.717) is 0 Å². The summed E-state index contributed by atoms with van der Waals surface area (Å²) in [6, 6.07) is 11.6. The summed E-state index contributed by atoms with van der Waals surface area (Å²) < 4.78 is 0. The summed E-state index contributed by atoms with van der Waals surface area (Å²) in [7, 11) is 0. The highest BCUT2D eigenvalue weighted by molar-refractivity contribution is 5.92. The van der Waals surface area contributed by atoms with E-state index in [9.17, 15) is 0 Å². The molecule has 2 fully saturated rings. The van der Waals surface area contributed by atoms with E-state index in [2.05, 4.69) is 47.1 Å². The molecule has 2 bridgehead atoms. The van der Waals surface area contributed by atoms with Gasteiger partial charge in [0.25, 0.3) is 0 Å². The molecule has 0 N–H and O–H groups in total. The quantitative estimate of drug-likeness (QED) is 0.755. The number of piperidine rings is 1. The fraction of sp³-hybridized carbons (Fsp3) is 0.438. The Morgan fingerprint density at radius 1 is 1.22 bits per heavy atom. The third-order valence-electron chi connectivity index (χ3n) is 4.54. The maximum atomic E-state index is 4.64. The van der Waals surface area contributed by atoms with Gasteiger partial charge in [-0.15, -0.1) is 0 Å². The summed E-state index contributed by atoms with van der Waals surface area (Å²) in [5, 5.41) is 1.32. The molecule has 2 unspecified atom stereocenters. The van der Waals surface area contributed by atoms with Crippen molar-refractivity contribution in [1.82, 2.24) is 4.98 Å². The Kier molecular flexibility index (Phi) is 2.14. The van der Waals surface area contributed by atoms with Crippen LogP contribution in [0.5, 0.6) is 0 Å². The highest BCUT2D eigenvalue weighted by Gasteiger charge is 2.38. The fourth-order valence-electron chi connectivity index (χ4n) is 3.74. The van der Waals surface area contributed by atoms with Gasteiger partial charge in [0.05, 0.1) is 5.52 Å². The average molecular weight is 238 g/mol. The van der Waals surface area contributed by atoms with E-state index in [0.717, 1.165) is 23.2 Å². The number of aromatic nitrogens is 1. The number of anilines is 1. The number of rotatable bonds is 1. The number of fused-ring (bicyclic) bond motifs is 3. The second-order valence-corrected chi connectivity index (χ2v) is 5.79. The van der Waals surface area contributed by atoms with E-state index in [1.54, 1.807) is 0 Å². The van der Waals surface area contributed by atoms with E-state index < -0.39 is 0 Å². The van der Waals surface area contributed by atoms with Crippen LogP contribution in [0, 0.1) is 12.8 Å². The monoisotopic (exact) mass is 238 g/mol. The highest BCUT2D eigenvalue weighted by atomic mass is 15.2. The van der Waals surface area contributed by atoms with Crippen molar-refractivity contribution in [2.75, 3.05) is 11.4 Å². The van der Waals surface area contributed by atoms with Crippen LogP contribution in [0.1, 0.15) is 25.0 Å². The molecule has 92 valence electrons. The Morgan fingerprint density at radius 2 is 2.11 bits per heavy atom. The molecular weight excluding hydrogens is 220 g/mol. The molecule has 2 heteroatoms. The van der Waals surface area contributed by atoms with E-state index in [1.807, 2.05) is 0 Å². The van der Waals surface area contributed by atoms with Gasteiger partial charge in [0, 0.05) is 29.4 Å². The molecule has 2 atom stereocenters. The van der Waals surface area contributed by atoms with Gasteiger partial charge >= 0.3 is 0 Å². The molecule has 2 aliphatic rings. The minimum Gasteiger partial charge on any atom is -0.368 e. The molecule has 1 aromatic heterocycles. The van der Waals surface area contributed by atoms with Gasteiger partial charge in [0.15, 0.2) is 0 Å². The lowest BCUT2D eigenvalue weighted by atomic mass is 10.1. The Balaban J connectivity index is 1.89. The van der Waals surface area contributed by atoms with Crippen LogP contribution >= 0.6 is 0 Å². The first-order valence-corrected chi connectivity index (χ1v) is 6.94. The van der Waals surface area contributed by atoms with Crippen molar-refractivity contribution in [3.63, 3.8) is 0 Å². The molecule has 0 spiro atoms. The van der Waals surface area contributed by atoms with Crippen molar-refractivity contribution in [1.29, 1.82) is 0 Å². The zero-order chi connectivity index (χ0) is 12.1. The van der Waals surface area contributed by atoms with Crippen LogP contribution in [0.15, 0.2) is 30.3 Å². The lowest BCUT2D eigenvalue weighted by molar-refractivity contribution is 0.554. The van der Waals surface area contributed by atoms with E-state index in [1.165, 1.54) is 36.9 Å². The standard InChI is InChI=1S/C16H18N2/c1-11-8-16(14-4-2-3-5-15(14)17-11)18-10-12-6-7-13(18)9-12/h2-5,8,12-13H,6-7,9-10H2,1H3. The van der Waals surface area contributed by atoms with Crippen molar-refractivity contribution in [3.8, 4) is 0 Å². The summed E-state index contributed by atoms with van der Waals surface area (Å²) in [5.41, 5.74) is 3.67. The third-order valence-corrected chi connectivity index (χ3v) is 4.54. The predicted octanol–water partition coefficient (Wildman–Crippen LogP) is 3.53. The first-order chi connectivity index (χ1) is 8.81. The number of aryl methyl sites for hydroxylation is 1. The maximum Gasteiger partial charge on any atom is 0.0726 e. The van der Waals surface area contributed by atoms with E-state index in [4.69, 9.17) is 0 Å². The fourth-order valence-corrected chi connectivity index (χ4v) is 3.74. The number of hydrogen-bond donors (Lipinski definition) is 0. The Morgan fingerprint density at radius 3 is 2.89 bits per heavy atom. The van der Waals surface area contributed by atoms with Gasteiger partial charge in [0.2, 0.25) is 0 Å². The van der Waals surface area contributed by atoms with Crippen LogP contribution in [0.3, 0.4) is 0 Å². The number of nitrogens with zero attached hydrogens (tertiary/aromatic N) is 2. The van der Waals surface area contributed by atoms with E-state index in [-0.39, 0.29) is 0 Å². The minimum absolute atomic E-state index is 0.778. The van der Waals surface area contributed by atoms with Gasteiger partial charge < -0.3 is 4.90 Å². The van der Waals surface area contributed by atoms with Gasteiger partial charge in [-0.05, 0) is 44.2 Å². The molecule has 1 aliphatic heterocycles. The average Bonchev–Trinajstić information content (AvgIpc) is 3.00. The number of pyridine rings is 1. The van der Waals surface area contributed by atoms with Crippen molar-refractivity contribution < 1.29 is 0 Å². The van der Waals surface area contributed by atoms with Gasteiger partial charge in [-0.25, -0.2) is 0 Å². The van der Waals surface area contributed by atoms with Gasteiger partial charge in [-0.1, -0.05) is 18.2 Å². The third kappa shape index (κ3) is 1.45. The molecule has 0 amide bonds. The molecule has 1 aliphatic carbocycles. The maximum absolute atomic E-state index is 4.64. The zero-order valence-corrected chi connectivity index (χ0v) is 10.8. The predicted molar refractivity (Wildman–Crippen MR) is 75.0 cm³/mol. The second kappa shape index (κ2) is 3.71. The first-order valence-electron chi connectivity index (χ1n) is 6.94. The molecule has 0 radical (unpaired) electrons.